The number of aryl methyl sites for hydroxylation is 1. The third-order valence-electron chi connectivity index (χ3n) is 3.36. The number of carbonyl (C=O) groups is 1. The van der Waals surface area contributed by atoms with Gasteiger partial charge in [0.25, 0.3) is 0 Å². The molecule has 0 unspecified atom stereocenters. The number of carboxylic acid groups (broad SMARTS) is 1. The molecule has 0 radical (unpaired) electrons. The smallest absolute Gasteiger partial charge is 0.320 e. The number of hydrogen-bond donors (Lipinski definition) is 1. The first kappa shape index (κ1) is 13.0. The summed E-state index contributed by atoms with van der Waals surface area (Å²) < 4.78 is 0. The average Bonchev–Trinajstić information content (AvgIpc) is 2.40. The number of likely N-dealkylation sites (tertiary alicyclic amines) is 1. The summed E-state index contributed by atoms with van der Waals surface area (Å²) in [5.41, 5.74) is 0.986. The molecule has 5 heteroatoms. The van der Waals surface area contributed by atoms with Crippen molar-refractivity contribution in [2.75, 3.05) is 6.54 Å². The number of aromatic nitrogens is 2. The molecule has 1 aliphatic rings. The SMILES string of the molecule is CCc1ncc(CN2CCCC[C@@H]2C(=O)O)cn1. The van der Waals surface area contributed by atoms with Gasteiger partial charge < -0.3 is 5.11 Å². The molecule has 1 aromatic heterocycles. The average molecular weight is 249 g/mol. The van der Waals surface area contributed by atoms with Crippen molar-refractivity contribution >= 4 is 5.97 Å². The largest absolute Gasteiger partial charge is 0.480 e. The third kappa shape index (κ3) is 3.04. The Morgan fingerprint density at radius 3 is 2.78 bits per heavy atom. The second-order valence-corrected chi connectivity index (χ2v) is 4.68. The zero-order valence-corrected chi connectivity index (χ0v) is 10.7. The van der Waals surface area contributed by atoms with Crippen LogP contribution in [0.5, 0.6) is 0 Å². The molecule has 0 spiro atoms. The van der Waals surface area contributed by atoms with Gasteiger partial charge in [-0.3, -0.25) is 9.69 Å². The normalized spacial score (nSPS) is 20.8. The van der Waals surface area contributed by atoms with E-state index in [0.717, 1.165) is 43.6 Å². The molecule has 1 aliphatic heterocycles. The molecule has 0 saturated carbocycles. The van der Waals surface area contributed by atoms with Crippen LogP contribution in [0.3, 0.4) is 0 Å². The Morgan fingerprint density at radius 1 is 1.44 bits per heavy atom. The van der Waals surface area contributed by atoms with E-state index in [2.05, 4.69) is 9.97 Å². The van der Waals surface area contributed by atoms with Crippen molar-refractivity contribution in [2.24, 2.45) is 0 Å². The summed E-state index contributed by atoms with van der Waals surface area (Å²) in [7, 11) is 0. The minimum atomic E-state index is -0.721. The maximum atomic E-state index is 11.2. The van der Waals surface area contributed by atoms with Crippen LogP contribution in [0.1, 0.15) is 37.6 Å². The van der Waals surface area contributed by atoms with E-state index >= 15 is 0 Å². The van der Waals surface area contributed by atoms with Crippen molar-refractivity contribution in [1.82, 2.24) is 14.9 Å². The van der Waals surface area contributed by atoms with Gasteiger partial charge in [0.15, 0.2) is 0 Å². The van der Waals surface area contributed by atoms with Gasteiger partial charge in [0.05, 0.1) is 0 Å². The van der Waals surface area contributed by atoms with Crippen molar-refractivity contribution in [3.8, 4) is 0 Å². The predicted octanol–water partition coefficient (Wildman–Crippen LogP) is 1.48. The van der Waals surface area contributed by atoms with Gasteiger partial charge in [0.2, 0.25) is 0 Å². The first-order valence-corrected chi connectivity index (χ1v) is 6.47. The van der Waals surface area contributed by atoms with E-state index in [1.165, 1.54) is 0 Å². The molecule has 1 fully saturated rings. The molecule has 1 N–H and O–H groups in total. The molecule has 0 aliphatic carbocycles. The van der Waals surface area contributed by atoms with Gasteiger partial charge in [-0.15, -0.1) is 0 Å². The molecule has 98 valence electrons. The number of hydrogen-bond acceptors (Lipinski definition) is 4. The van der Waals surface area contributed by atoms with Crippen LogP contribution < -0.4 is 0 Å². The molecule has 5 nitrogen and oxygen atoms in total. The van der Waals surface area contributed by atoms with Crippen LogP contribution in [-0.2, 0) is 17.8 Å². The summed E-state index contributed by atoms with van der Waals surface area (Å²) in [5, 5.41) is 9.20. The highest BCUT2D eigenvalue weighted by Crippen LogP contribution is 2.19. The van der Waals surface area contributed by atoms with Gasteiger partial charge >= 0.3 is 5.97 Å². The van der Waals surface area contributed by atoms with Crippen LogP contribution in [0.2, 0.25) is 0 Å². The van der Waals surface area contributed by atoms with Crippen LogP contribution in [0.15, 0.2) is 12.4 Å². The lowest BCUT2D eigenvalue weighted by Gasteiger charge is -2.32. The van der Waals surface area contributed by atoms with Crippen molar-refractivity contribution < 1.29 is 9.90 Å². The molecular formula is C13H19N3O2. The summed E-state index contributed by atoms with van der Waals surface area (Å²) in [4.78, 5) is 21.7. The Bertz CT molecular complexity index is 405. The summed E-state index contributed by atoms with van der Waals surface area (Å²) in [6.07, 6.45) is 7.24. The maximum absolute atomic E-state index is 11.2. The number of nitrogens with zero attached hydrogens (tertiary/aromatic N) is 3. The topological polar surface area (TPSA) is 66.3 Å². The third-order valence-corrected chi connectivity index (χ3v) is 3.36. The van der Waals surface area contributed by atoms with E-state index < -0.39 is 5.97 Å². The maximum Gasteiger partial charge on any atom is 0.320 e. The number of rotatable bonds is 4. The van der Waals surface area contributed by atoms with Gasteiger partial charge in [-0.2, -0.15) is 0 Å². The monoisotopic (exact) mass is 249 g/mol. The van der Waals surface area contributed by atoms with Gasteiger partial charge in [0.1, 0.15) is 11.9 Å². The molecule has 0 aromatic carbocycles. The van der Waals surface area contributed by atoms with Gasteiger partial charge in [-0.05, 0) is 19.4 Å². The van der Waals surface area contributed by atoms with E-state index in [4.69, 9.17) is 0 Å². The van der Waals surface area contributed by atoms with Gasteiger partial charge in [0, 0.05) is 30.9 Å². The van der Waals surface area contributed by atoms with Crippen molar-refractivity contribution in [1.29, 1.82) is 0 Å². The highest BCUT2D eigenvalue weighted by atomic mass is 16.4. The Hall–Kier alpha value is -1.49. The Labute approximate surface area is 107 Å². The molecule has 1 saturated heterocycles. The van der Waals surface area contributed by atoms with Gasteiger partial charge in [-0.1, -0.05) is 13.3 Å². The Balaban J connectivity index is 2.03. The minimum Gasteiger partial charge on any atom is -0.480 e. The zero-order valence-electron chi connectivity index (χ0n) is 10.7. The van der Waals surface area contributed by atoms with E-state index in [9.17, 15) is 9.90 Å². The fourth-order valence-electron chi connectivity index (χ4n) is 2.34. The Morgan fingerprint density at radius 2 is 2.17 bits per heavy atom. The first-order valence-electron chi connectivity index (χ1n) is 6.47. The molecule has 2 rings (SSSR count). The van der Waals surface area contributed by atoms with E-state index in [1.54, 1.807) is 12.4 Å². The first-order chi connectivity index (χ1) is 8.70. The zero-order chi connectivity index (χ0) is 13.0. The van der Waals surface area contributed by atoms with Crippen LogP contribution in [0.4, 0.5) is 0 Å². The quantitative estimate of drug-likeness (QED) is 0.875. The van der Waals surface area contributed by atoms with Crippen LogP contribution in [0.25, 0.3) is 0 Å². The van der Waals surface area contributed by atoms with Crippen LogP contribution in [-0.4, -0.2) is 38.5 Å². The fraction of sp³-hybridized carbons (Fsp3) is 0.615. The lowest BCUT2D eigenvalue weighted by Crippen LogP contribution is -2.44. The molecule has 1 aromatic rings. The molecular weight excluding hydrogens is 230 g/mol. The Kier molecular flexibility index (Phi) is 4.25. The molecule has 0 amide bonds. The van der Waals surface area contributed by atoms with E-state index in [0.29, 0.717) is 6.54 Å². The second kappa shape index (κ2) is 5.91. The lowest BCUT2D eigenvalue weighted by atomic mass is 10.0. The summed E-state index contributed by atoms with van der Waals surface area (Å²) >= 11 is 0. The number of carboxylic acids is 1. The molecule has 0 bridgehead atoms. The van der Waals surface area contributed by atoms with Crippen molar-refractivity contribution in [2.45, 2.75) is 45.2 Å². The van der Waals surface area contributed by atoms with Crippen LogP contribution in [0, 0.1) is 0 Å². The van der Waals surface area contributed by atoms with Crippen LogP contribution >= 0.6 is 0 Å². The lowest BCUT2D eigenvalue weighted by molar-refractivity contribution is -0.144. The standard InChI is InChI=1S/C13H19N3O2/c1-2-12-14-7-10(8-15-12)9-16-6-4-3-5-11(16)13(17)18/h7-8,11H,2-6,9H2,1H3,(H,17,18)/t11-/m1/s1. The second-order valence-electron chi connectivity index (χ2n) is 4.68. The molecule has 18 heavy (non-hydrogen) atoms. The highest BCUT2D eigenvalue weighted by Gasteiger charge is 2.28. The van der Waals surface area contributed by atoms with Crippen molar-refractivity contribution in [3.05, 3.63) is 23.8 Å². The number of piperidine rings is 1. The molecule has 2 heterocycles. The fourth-order valence-corrected chi connectivity index (χ4v) is 2.34. The highest BCUT2D eigenvalue weighted by molar-refractivity contribution is 5.73. The summed E-state index contributed by atoms with van der Waals surface area (Å²) in [6, 6.07) is -0.357. The molecule has 1 atom stereocenters. The van der Waals surface area contributed by atoms with Crippen molar-refractivity contribution in [3.63, 3.8) is 0 Å². The predicted molar refractivity (Wildman–Crippen MR) is 67.1 cm³/mol. The van der Waals surface area contributed by atoms with E-state index in [1.807, 2.05) is 11.8 Å². The van der Waals surface area contributed by atoms with E-state index in [-0.39, 0.29) is 6.04 Å². The summed E-state index contributed by atoms with van der Waals surface area (Å²) in [5.74, 6) is 0.105. The number of aliphatic carboxylic acids is 1. The summed E-state index contributed by atoms with van der Waals surface area (Å²) in [6.45, 7) is 3.48. The minimum absolute atomic E-state index is 0.357. The van der Waals surface area contributed by atoms with Gasteiger partial charge in [-0.25, -0.2) is 9.97 Å².